The van der Waals surface area contributed by atoms with Crippen molar-refractivity contribution in [3.8, 4) is 0 Å². The van der Waals surface area contributed by atoms with E-state index in [1.165, 1.54) is 12.8 Å². The van der Waals surface area contributed by atoms with Gasteiger partial charge >= 0.3 is 0 Å². The molecule has 1 atom stereocenters. The number of para-hydroxylation sites is 1. The second-order valence-electron chi connectivity index (χ2n) is 10.0. The van der Waals surface area contributed by atoms with Crippen molar-refractivity contribution >= 4 is 34.1 Å². The monoisotopic (exact) mass is 497 g/mol. The van der Waals surface area contributed by atoms with Crippen molar-refractivity contribution in [1.82, 2.24) is 14.8 Å². The lowest BCUT2D eigenvalue weighted by molar-refractivity contribution is -0.136. The third-order valence-electron chi connectivity index (χ3n) is 7.83. The number of thiophene rings is 1. The third-order valence-corrected chi connectivity index (χ3v) is 8.70. The molecular formula is C30H31N3O2S. The molecule has 6 rings (SSSR count). The molecule has 6 heteroatoms. The third kappa shape index (κ3) is 3.94. The number of nitrogens with zero attached hydrogens (tertiary/aromatic N) is 2. The van der Waals surface area contributed by atoms with Crippen LogP contribution in [0.25, 0.3) is 10.9 Å². The van der Waals surface area contributed by atoms with Crippen LogP contribution in [0.5, 0.6) is 0 Å². The number of aromatic nitrogens is 1. The summed E-state index contributed by atoms with van der Waals surface area (Å²) in [6.07, 6.45) is 6.69. The molecule has 1 unspecified atom stereocenters. The van der Waals surface area contributed by atoms with Crippen molar-refractivity contribution in [3.05, 3.63) is 94.3 Å². The lowest BCUT2D eigenvalue weighted by Crippen LogP contribution is -2.63. The number of benzene rings is 2. The van der Waals surface area contributed by atoms with Crippen molar-refractivity contribution in [2.45, 2.75) is 63.2 Å². The van der Waals surface area contributed by atoms with Gasteiger partial charge in [0.25, 0.3) is 11.8 Å². The molecule has 36 heavy (non-hydrogen) atoms. The van der Waals surface area contributed by atoms with Crippen LogP contribution >= 0.6 is 11.3 Å². The first-order chi connectivity index (χ1) is 17.7. The summed E-state index contributed by atoms with van der Waals surface area (Å²) in [6.45, 7) is 0.778. The van der Waals surface area contributed by atoms with E-state index in [2.05, 4.69) is 9.88 Å². The smallest absolute Gasteiger partial charge is 0.272 e. The van der Waals surface area contributed by atoms with Gasteiger partial charge in [0.1, 0.15) is 5.69 Å². The molecule has 0 radical (unpaired) electrons. The maximum absolute atomic E-state index is 14.5. The molecule has 4 aromatic rings. The Balaban J connectivity index is 1.52. The largest absolute Gasteiger partial charge is 0.351 e. The van der Waals surface area contributed by atoms with E-state index in [0.29, 0.717) is 18.8 Å². The van der Waals surface area contributed by atoms with Gasteiger partial charge in [-0.15, -0.1) is 11.3 Å². The first kappa shape index (κ1) is 23.0. The summed E-state index contributed by atoms with van der Waals surface area (Å²) in [4.78, 5) is 31.7. The predicted octanol–water partition coefficient (Wildman–Crippen LogP) is 6.09. The van der Waals surface area contributed by atoms with E-state index in [1.807, 2.05) is 83.1 Å². The van der Waals surface area contributed by atoms with E-state index in [0.717, 1.165) is 47.0 Å². The van der Waals surface area contributed by atoms with Gasteiger partial charge in [-0.05, 0) is 42.0 Å². The average molecular weight is 498 g/mol. The highest BCUT2D eigenvalue weighted by Gasteiger charge is 2.52. The summed E-state index contributed by atoms with van der Waals surface area (Å²) in [6, 6.07) is 24.1. The minimum Gasteiger partial charge on any atom is -0.351 e. The molecule has 2 aromatic heterocycles. The predicted molar refractivity (Wildman–Crippen MR) is 144 cm³/mol. The number of hydrogen-bond acceptors (Lipinski definition) is 3. The van der Waals surface area contributed by atoms with Gasteiger partial charge in [-0.2, -0.15) is 0 Å². The highest BCUT2D eigenvalue weighted by Crippen LogP contribution is 2.41. The fourth-order valence-corrected chi connectivity index (χ4v) is 6.66. The van der Waals surface area contributed by atoms with Crippen molar-refractivity contribution in [2.75, 3.05) is 0 Å². The van der Waals surface area contributed by atoms with Crippen LogP contribution < -0.4 is 5.32 Å². The second kappa shape index (κ2) is 9.58. The van der Waals surface area contributed by atoms with E-state index < -0.39 is 5.54 Å². The Kier molecular flexibility index (Phi) is 6.13. The summed E-state index contributed by atoms with van der Waals surface area (Å²) in [5.74, 6) is -0.181. The number of nitrogens with one attached hydrogen (secondary N) is 1. The summed E-state index contributed by atoms with van der Waals surface area (Å²) < 4.78 is 2.06. The summed E-state index contributed by atoms with van der Waals surface area (Å²) in [5.41, 5.74) is 1.33. The van der Waals surface area contributed by atoms with Crippen LogP contribution in [0.15, 0.2) is 78.2 Å². The lowest BCUT2D eigenvalue weighted by Gasteiger charge is -2.47. The minimum atomic E-state index is -1.15. The zero-order valence-electron chi connectivity index (χ0n) is 20.4. The van der Waals surface area contributed by atoms with Crippen molar-refractivity contribution in [1.29, 1.82) is 0 Å². The van der Waals surface area contributed by atoms with Gasteiger partial charge in [0.2, 0.25) is 0 Å². The lowest BCUT2D eigenvalue weighted by atomic mass is 9.83. The molecule has 0 saturated heterocycles. The van der Waals surface area contributed by atoms with Gasteiger partial charge in [-0.1, -0.05) is 80.3 Å². The Labute approximate surface area is 215 Å². The number of amides is 2. The Morgan fingerprint density at radius 1 is 0.944 bits per heavy atom. The molecule has 0 bridgehead atoms. The second-order valence-corrected chi connectivity index (χ2v) is 11.1. The minimum absolute atomic E-state index is 0.0751. The Bertz CT molecular complexity index is 1370. The molecule has 1 aliphatic heterocycles. The molecule has 1 fully saturated rings. The number of rotatable bonds is 5. The molecule has 2 aromatic carbocycles. The Morgan fingerprint density at radius 2 is 1.69 bits per heavy atom. The van der Waals surface area contributed by atoms with Crippen LogP contribution in [0, 0.1) is 0 Å². The normalized spacial score (nSPS) is 20.8. The molecule has 0 spiro atoms. The number of fused-ring (bicyclic) bond motifs is 3. The molecule has 1 N–H and O–H groups in total. The summed E-state index contributed by atoms with van der Waals surface area (Å²) in [5, 5.41) is 6.47. The fourth-order valence-electron chi connectivity index (χ4n) is 5.96. The van der Waals surface area contributed by atoms with Crippen LogP contribution in [-0.4, -0.2) is 27.3 Å². The quantitative estimate of drug-likeness (QED) is 0.339. The zero-order chi connectivity index (χ0) is 24.5. The molecular weight excluding hydrogens is 466 g/mol. The first-order valence-electron chi connectivity index (χ1n) is 13.0. The van der Waals surface area contributed by atoms with Crippen LogP contribution in [0.1, 0.15) is 59.5 Å². The van der Waals surface area contributed by atoms with Gasteiger partial charge in [-0.25, -0.2) is 0 Å². The number of carbonyl (C=O) groups is 2. The highest BCUT2D eigenvalue weighted by atomic mass is 32.1. The number of carbonyl (C=O) groups excluding carboxylic acids is 2. The standard InChI is InChI=1S/C30H31N3O2S/c34-28-27-19-22-11-8-9-17-26(22)32(27)21-30(23-12-4-3-5-13-23,33(28)20-25-16-10-18-36-25)29(35)31-24-14-6-1-2-7-15-24/h3-5,8-13,16-19,24H,1-2,6-7,14-15,20-21H2,(H,31,35). The van der Waals surface area contributed by atoms with E-state index >= 15 is 0 Å². The van der Waals surface area contributed by atoms with E-state index in [4.69, 9.17) is 0 Å². The molecule has 1 aliphatic carbocycles. The summed E-state index contributed by atoms with van der Waals surface area (Å²) >= 11 is 1.62. The van der Waals surface area contributed by atoms with Crippen molar-refractivity contribution < 1.29 is 9.59 Å². The molecule has 184 valence electrons. The molecule has 2 amide bonds. The molecule has 2 aliphatic rings. The average Bonchev–Trinajstić information content (AvgIpc) is 3.48. The Morgan fingerprint density at radius 3 is 2.44 bits per heavy atom. The number of hydrogen-bond donors (Lipinski definition) is 1. The van der Waals surface area contributed by atoms with E-state index in [9.17, 15) is 9.59 Å². The van der Waals surface area contributed by atoms with Gasteiger partial charge in [0, 0.05) is 21.8 Å². The molecule has 1 saturated carbocycles. The van der Waals surface area contributed by atoms with Crippen molar-refractivity contribution in [2.24, 2.45) is 0 Å². The van der Waals surface area contributed by atoms with Crippen LogP contribution in [0.2, 0.25) is 0 Å². The maximum atomic E-state index is 14.5. The van der Waals surface area contributed by atoms with E-state index in [-0.39, 0.29) is 17.9 Å². The molecule has 5 nitrogen and oxygen atoms in total. The van der Waals surface area contributed by atoms with Crippen LogP contribution in [0.4, 0.5) is 0 Å². The molecule has 3 heterocycles. The topological polar surface area (TPSA) is 54.3 Å². The van der Waals surface area contributed by atoms with Gasteiger partial charge in [-0.3, -0.25) is 9.59 Å². The Hall–Kier alpha value is -3.38. The van der Waals surface area contributed by atoms with Gasteiger partial charge in [0.05, 0.1) is 13.1 Å². The van der Waals surface area contributed by atoms with Crippen LogP contribution in [0.3, 0.4) is 0 Å². The highest BCUT2D eigenvalue weighted by molar-refractivity contribution is 7.09. The van der Waals surface area contributed by atoms with E-state index in [1.54, 1.807) is 11.3 Å². The summed E-state index contributed by atoms with van der Waals surface area (Å²) in [7, 11) is 0. The SMILES string of the molecule is O=C1c2cc3ccccc3n2CC(C(=O)NC2CCCCCC2)(c2ccccc2)N1Cc1cccs1. The van der Waals surface area contributed by atoms with Crippen molar-refractivity contribution in [3.63, 3.8) is 0 Å². The fraction of sp³-hybridized carbons (Fsp3) is 0.333. The van der Waals surface area contributed by atoms with Crippen LogP contribution in [-0.2, 0) is 23.4 Å². The maximum Gasteiger partial charge on any atom is 0.272 e. The van der Waals surface area contributed by atoms with Gasteiger partial charge in [0.15, 0.2) is 5.54 Å². The first-order valence-corrected chi connectivity index (χ1v) is 13.8. The zero-order valence-corrected chi connectivity index (χ0v) is 21.2. The van der Waals surface area contributed by atoms with Gasteiger partial charge < -0.3 is 14.8 Å².